The first-order valence-electron chi connectivity index (χ1n) is 11.4. The van der Waals surface area contributed by atoms with Gasteiger partial charge in [0.25, 0.3) is 5.91 Å². The van der Waals surface area contributed by atoms with Gasteiger partial charge in [-0.25, -0.2) is 15.0 Å². The smallest absolute Gasteiger partial charge is 0.261 e. The predicted molar refractivity (Wildman–Crippen MR) is 131 cm³/mol. The lowest BCUT2D eigenvalue weighted by Crippen LogP contribution is -2.31. The summed E-state index contributed by atoms with van der Waals surface area (Å²) in [5.41, 5.74) is 4.62. The Labute approximate surface area is 206 Å². The number of carbonyl (C=O) groups is 1. The van der Waals surface area contributed by atoms with Crippen LogP contribution < -0.4 is 9.64 Å². The fraction of sp³-hybridized carbons (Fsp3) is 0.269. The minimum Gasteiger partial charge on any atom is -0.494 e. The molecule has 0 unspecified atom stereocenters. The Bertz CT molecular complexity index is 1440. The number of rotatable bonds is 6. The molecule has 1 aliphatic carbocycles. The molecule has 4 heterocycles. The molecule has 3 aromatic heterocycles. The van der Waals surface area contributed by atoms with Crippen molar-refractivity contribution in [3.05, 3.63) is 82.3 Å². The Balaban J connectivity index is 1.38. The Hall–Kier alpha value is -3.62. The molecule has 35 heavy (non-hydrogen) atoms. The number of aromatic nitrogens is 4. The van der Waals surface area contributed by atoms with Gasteiger partial charge in [0, 0.05) is 41.5 Å². The van der Waals surface area contributed by atoms with Crippen molar-refractivity contribution in [1.29, 1.82) is 0 Å². The number of carbonyl (C=O) groups excluding carboxylic acids is 1. The van der Waals surface area contributed by atoms with E-state index in [-0.39, 0.29) is 12.5 Å². The Kier molecular flexibility index (Phi) is 5.54. The number of benzene rings is 1. The molecule has 9 heteroatoms. The topological polar surface area (TPSA) is 90.3 Å². The molecule has 1 amide bonds. The van der Waals surface area contributed by atoms with E-state index in [9.17, 15) is 4.79 Å². The zero-order valence-electron chi connectivity index (χ0n) is 19.1. The molecule has 4 aromatic rings. The van der Waals surface area contributed by atoms with Gasteiger partial charge in [0.1, 0.15) is 22.4 Å². The lowest BCUT2D eigenvalue weighted by Gasteiger charge is -2.24. The Morgan fingerprint density at radius 2 is 1.94 bits per heavy atom. The summed E-state index contributed by atoms with van der Waals surface area (Å²) >= 11 is 6.42. The molecule has 0 bridgehead atoms. The summed E-state index contributed by atoms with van der Waals surface area (Å²) < 4.78 is 11.1. The fourth-order valence-electron chi connectivity index (χ4n) is 4.40. The number of fused-ring (bicyclic) bond motifs is 3. The molecule has 0 radical (unpaired) electrons. The summed E-state index contributed by atoms with van der Waals surface area (Å²) in [6, 6.07) is 7.69. The van der Waals surface area contributed by atoms with Crippen LogP contribution in [0.15, 0.2) is 49.1 Å². The third-order valence-corrected chi connectivity index (χ3v) is 6.74. The molecular formula is C26H22ClN5O3. The van der Waals surface area contributed by atoms with Crippen molar-refractivity contribution in [2.75, 3.05) is 12.0 Å². The van der Waals surface area contributed by atoms with Crippen LogP contribution >= 0.6 is 11.6 Å². The van der Waals surface area contributed by atoms with Crippen LogP contribution in [-0.2, 0) is 24.5 Å². The van der Waals surface area contributed by atoms with Crippen molar-refractivity contribution in [1.82, 2.24) is 19.9 Å². The summed E-state index contributed by atoms with van der Waals surface area (Å²) in [6.07, 6.45) is 8.65. The molecule has 1 saturated carbocycles. The van der Waals surface area contributed by atoms with Crippen molar-refractivity contribution < 1.29 is 14.3 Å². The van der Waals surface area contributed by atoms with Crippen LogP contribution in [0.25, 0.3) is 10.9 Å². The van der Waals surface area contributed by atoms with Gasteiger partial charge in [0.2, 0.25) is 0 Å². The second kappa shape index (κ2) is 8.87. The van der Waals surface area contributed by atoms with Gasteiger partial charge in [-0.05, 0) is 30.0 Å². The molecule has 1 aliphatic heterocycles. The molecule has 0 atom stereocenters. The highest BCUT2D eigenvalue weighted by atomic mass is 35.5. The van der Waals surface area contributed by atoms with E-state index in [0.717, 1.165) is 46.3 Å². The van der Waals surface area contributed by atoms with Gasteiger partial charge in [-0.2, -0.15) is 0 Å². The maximum Gasteiger partial charge on any atom is 0.261 e. The third-order valence-electron chi connectivity index (χ3n) is 6.43. The van der Waals surface area contributed by atoms with E-state index in [0.29, 0.717) is 41.3 Å². The monoisotopic (exact) mass is 487 g/mol. The van der Waals surface area contributed by atoms with Crippen molar-refractivity contribution in [3.63, 3.8) is 0 Å². The molecule has 1 aromatic carbocycles. The van der Waals surface area contributed by atoms with Crippen LogP contribution in [-0.4, -0.2) is 33.0 Å². The molecule has 2 aliphatic rings. The summed E-state index contributed by atoms with van der Waals surface area (Å²) in [7, 11) is 1.57. The number of halogens is 1. The average molecular weight is 488 g/mol. The maximum atomic E-state index is 13.7. The fourth-order valence-corrected chi connectivity index (χ4v) is 4.66. The second-order valence-electron chi connectivity index (χ2n) is 8.75. The SMILES string of the molecule is COc1ccncc1N(Cc1ccc2c3c(c(Cl)nc2c1)COC3)C(=O)c1cnc(C2CC2)nc1. The van der Waals surface area contributed by atoms with Gasteiger partial charge in [0.05, 0.1) is 44.1 Å². The number of nitrogens with zero attached hydrogens (tertiary/aromatic N) is 5. The normalized spacial score (nSPS) is 14.7. The number of ether oxygens (including phenoxy) is 2. The number of anilines is 1. The molecule has 0 saturated heterocycles. The standard InChI is InChI=1S/C26H22ClN5O3/c1-34-23-6-7-28-11-22(23)32(26(33)17-9-29-25(30-10-17)16-3-4-16)12-15-2-5-18-19-13-35-14-20(19)24(27)31-21(18)8-15/h2,5-11,16H,3-4,12-14H2,1H3. The Morgan fingerprint density at radius 1 is 1.14 bits per heavy atom. The van der Waals surface area contributed by atoms with Crippen LogP contribution in [0, 0.1) is 0 Å². The quantitative estimate of drug-likeness (QED) is 0.359. The lowest BCUT2D eigenvalue weighted by molar-refractivity contribution is 0.0983. The van der Waals surface area contributed by atoms with E-state index in [1.807, 2.05) is 18.2 Å². The number of methoxy groups -OCH3 is 1. The largest absolute Gasteiger partial charge is 0.494 e. The molecular weight excluding hydrogens is 466 g/mol. The first-order valence-corrected chi connectivity index (χ1v) is 11.8. The highest BCUT2D eigenvalue weighted by molar-refractivity contribution is 6.30. The van der Waals surface area contributed by atoms with Gasteiger partial charge in [-0.3, -0.25) is 14.7 Å². The first kappa shape index (κ1) is 21.9. The van der Waals surface area contributed by atoms with Crippen LogP contribution in [0.4, 0.5) is 5.69 Å². The van der Waals surface area contributed by atoms with E-state index in [2.05, 4.69) is 19.9 Å². The third kappa shape index (κ3) is 4.09. The predicted octanol–water partition coefficient (Wildman–Crippen LogP) is 4.84. The van der Waals surface area contributed by atoms with Crippen molar-refractivity contribution in [3.8, 4) is 5.75 Å². The zero-order valence-corrected chi connectivity index (χ0v) is 19.8. The van der Waals surface area contributed by atoms with Crippen molar-refractivity contribution in [2.24, 2.45) is 0 Å². The van der Waals surface area contributed by atoms with Gasteiger partial charge in [0.15, 0.2) is 0 Å². The molecule has 0 N–H and O–H groups in total. The summed E-state index contributed by atoms with van der Waals surface area (Å²) in [6.45, 7) is 1.26. The van der Waals surface area contributed by atoms with Crippen LogP contribution in [0.1, 0.15) is 51.6 Å². The van der Waals surface area contributed by atoms with Crippen LogP contribution in [0.2, 0.25) is 5.15 Å². The molecule has 1 fully saturated rings. The Morgan fingerprint density at radius 3 is 2.71 bits per heavy atom. The van der Waals surface area contributed by atoms with Crippen molar-refractivity contribution >= 4 is 34.1 Å². The second-order valence-corrected chi connectivity index (χ2v) is 9.11. The first-order chi connectivity index (χ1) is 17.1. The van der Waals surface area contributed by atoms with Gasteiger partial charge in [-0.15, -0.1) is 0 Å². The van der Waals surface area contributed by atoms with E-state index < -0.39 is 0 Å². The van der Waals surface area contributed by atoms with E-state index in [4.69, 9.17) is 21.1 Å². The molecule has 8 nitrogen and oxygen atoms in total. The van der Waals surface area contributed by atoms with Crippen LogP contribution in [0.5, 0.6) is 5.75 Å². The highest BCUT2D eigenvalue weighted by Gasteiger charge is 2.28. The maximum absolute atomic E-state index is 13.7. The number of pyridine rings is 2. The molecule has 6 rings (SSSR count). The minimum atomic E-state index is -0.243. The number of amides is 1. The van der Waals surface area contributed by atoms with E-state index in [1.165, 1.54) is 0 Å². The zero-order chi connectivity index (χ0) is 23.9. The molecule has 176 valence electrons. The highest BCUT2D eigenvalue weighted by Crippen LogP contribution is 2.38. The van der Waals surface area contributed by atoms with E-state index >= 15 is 0 Å². The van der Waals surface area contributed by atoms with Gasteiger partial charge >= 0.3 is 0 Å². The minimum absolute atomic E-state index is 0.243. The van der Waals surface area contributed by atoms with Crippen molar-refractivity contribution in [2.45, 2.75) is 38.5 Å². The summed E-state index contributed by atoms with van der Waals surface area (Å²) in [4.78, 5) is 33.0. The van der Waals surface area contributed by atoms with Gasteiger partial charge in [-0.1, -0.05) is 23.7 Å². The number of hydrogen-bond donors (Lipinski definition) is 0. The lowest BCUT2D eigenvalue weighted by atomic mass is 10.0. The average Bonchev–Trinajstić information content (AvgIpc) is 3.62. The summed E-state index contributed by atoms with van der Waals surface area (Å²) in [5, 5.41) is 1.46. The molecule has 0 spiro atoms. The number of hydrogen-bond acceptors (Lipinski definition) is 7. The van der Waals surface area contributed by atoms with Crippen LogP contribution in [0.3, 0.4) is 0 Å². The summed E-state index contributed by atoms with van der Waals surface area (Å²) in [5.74, 6) is 1.51. The van der Waals surface area contributed by atoms with Gasteiger partial charge < -0.3 is 9.47 Å². The van der Waals surface area contributed by atoms with E-state index in [1.54, 1.807) is 42.9 Å².